The zero-order chi connectivity index (χ0) is 19.0. The summed E-state index contributed by atoms with van der Waals surface area (Å²) >= 11 is 9.79. The molecule has 0 aliphatic heterocycles. The lowest BCUT2D eigenvalue weighted by Gasteiger charge is -2.26. The van der Waals surface area contributed by atoms with E-state index in [2.05, 4.69) is 47.2 Å². The fourth-order valence-electron chi connectivity index (χ4n) is 3.82. The highest BCUT2D eigenvalue weighted by Crippen LogP contribution is 2.35. The van der Waals surface area contributed by atoms with Crippen LogP contribution in [0.4, 0.5) is 5.95 Å². The number of hydrogen-bond acceptors (Lipinski definition) is 3. The monoisotopic (exact) mass is 443 g/mol. The smallest absolute Gasteiger partial charge is 0.374 e. The molecule has 1 aliphatic carbocycles. The normalized spacial score (nSPS) is 19.9. The van der Waals surface area contributed by atoms with E-state index in [9.17, 15) is 0 Å². The van der Waals surface area contributed by atoms with E-state index in [0.717, 1.165) is 28.3 Å². The summed E-state index contributed by atoms with van der Waals surface area (Å²) in [5.74, 6) is 1.53. The van der Waals surface area contributed by atoms with Crippen molar-refractivity contribution in [2.24, 2.45) is 11.8 Å². The lowest BCUT2D eigenvalue weighted by atomic mass is 9.83. The Morgan fingerprint density at radius 2 is 2.00 bits per heavy atom. The fourth-order valence-corrected chi connectivity index (χ4v) is 4.50. The fraction of sp³-hybridized carbons (Fsp3) is 0.400. The number of imidazole rings is 1. The maximum atomic E-state index is 7.33. The summed E-state index contributed by atoms with van der Waals surface area (Å²) in [6.45, 7) is 10.5. The third kappa shape index (κ3) is 3.71. The molecule has 5 nitrogen and oxygen atoms in total. The molecule has 0 unspecified atom stereocenters. The Balaban J connectivity index is 1.85. The van der Waals surface area contributed by atoms with E-state index >= 15 is 0 Å². The van der Waals surface area contributed by atoms with Gasteiger partial charge >= 0.3 is 5.95 Å². The minimum Gasteiger partial charge on any atom is -0.394 e. The third-order valence-electron chi connectivity index (χ3n) is 5.32. The van der Waals surface area contributed by atoms with Gasteiger partial charge in [0.15, 0.2) is 10.4 Å². The van der Waals surface area contributed by atoms with Gasteiger partial charge in [-0.3, -0.25) is 0 Å². The first kappa shape index (κ1) is 18.4. The van der Waals surface area contributed by atoms with Gasteiger partial charge in [-0.05, 0) is 52.7 Å². The van der Waals surface area contributed by atoms with Crippen LogP contribution in [0.3, 0.4) is 0 Å². The van der Waals surface area contributed by atoms with E-state index in [1.807, 2.05) is 24.3 Å². The Hall–Kier alpha value is -1.97. The van der Waals surface area contributed by atoms with E-state index in [0.29, 0.717) is 22.3 Å². The van der Waals surface area contributed by atoms with Crippen molar-refractivity contribution in [1.82, 2.24) is 19.5 Å². The van der Waals surface area contributed by atoms with Crippen LogP contribution >= 0.6 is 27.5 Å². The van der Waals surface area contributed by atoms with Crippen LogP contribution in [0.25, 0.3) is 27.3 Å². The molecule has 0 bridgehead atoms. The van der Waals surface area contributed by atoms with E-state index in [4.69, 9.17) is 18.2 Å². The Morgan fingerprint density at radius 1 is 1.22 bits per heavy atom. The molecule has 138 valence electrons. The van der Waals surface area contributed by atoms with Crippen LogP contribution in [0.1, 0.15) is 32.6 Å². The van der Waals surface area contributed by atoms with Crippen molar-refractivity contribution in [3.05, 3.63) is 45.4 Å². The molecule has 1 aromatic carbocycles. The lowest BCUT2D eigenvalue weighted by molar-refractivity contribution is 0.265. The van der Waals surface area contributed by atoms with Crippen molar-refractivity contribution in [2.45, 2.75) is 39.2 Å². The first-order chi connectivity index (χ1) is 13.0. The van der Waals surface area contributed by atoms with Gasteiger partial charge in [0, 0.05) is 17.1 Å². The number of rotatable bonds is 3. The molecule has 0 amide bonds. The van der Waals surface area contributed by atoms with Crippen molar-refractivity contribution in [3.8, 4) is 11.3 Å². The number of halogens is 2. The second kappa shape index (κ2) is 7.57. The van der Waals surface area contributed by atoms with Crippen LogP contribution in [0, 0.1) is 18.4 Å². The lowest BCUT2D eigenvalue weighted by Crippen LogP contribution is -2.18. The molecule has 1 aliphatic rings. The van der Waals surface area contributed by atoms with Crippen LogP contribution in [-0.2, 0) is 6.54 Å². The molecule has 27 heavy (non-hydrogen) atoms. The second-order valence-corrected chi connectivity index (χ2v) is 8.43. The molecule has 2 aromatic heterocycles. The SMILES string of the molecule is [C-]#[N+]c1nc(-c2cccc(Cl)c2)c2c(n1)nc(Br)n2CC1CCC(C)CC1. The highest BCUT2D eigenvalue weighted by atomic mass is 79.9. The molecule has 7 heteroatoms. The van der Waals surface area contributed by atoms with Crippen LogP contribution in [-0.4, -0.2) is 19.5 Å². The molecule has 0 N–H and O–H groups in total. The van der Waals surface area contributed by atoms with E-state index in [-0.39, 0.29) is 5.95 Å². The predicted molar refractivity (Wildman–Crippen MR) is 111 cm³/mol. The van der Waals surface area contributed by atoms with Crippen molar-refractivity contribution in [3.63, 3.8) is 0 Å². The van der Waals surface area contributed by atoms with Gasteiger partial charge in [0.05, 0.1) is 0 Å². The van der Waals surface area contributed by atoms with Gasteiger partial charge in [0.1, 0.15) is 5.52 Å². The predicted octanol–water partition coefficient (Wildman–Crippen LogP) is 6.29. The topological polar surface area (TPSA) is 48.0 Å². The van der Waals surface area contributed by atoms with Crippen LogP contribution in [0.2, 0.25) is 5.02 Å². The standard InChI is InChI=1S/C20H19BrClN5/c1-12-6-8-13(9-7-12)11-27-17-16(14-4-3-5-15(22)10-14)24-20(23-2)26-18(17)25-19(27)21/h3-5,10,12-13H,6-9,11H2,1H3. The highest BCUT2D eigenvalue weighted by Gasteiger charge is 2.25. The molecule has 2 heterocycles. The molecule has 0 spiro atoms. The second-order valence-electron chi connectivity index (χ2n) is 7.28. The highest BCUT2D eigenvalue weighted by molar-refractivity contribution is 9.10. The van der Waals surface area contributed by atoms with Gasteiger partial charge in [0.25, 0.3) is 0 Å². The van der Waals surface area contributed by atoms with Crippen molar-refractivity contribution < 1.29 is 0 Å². The van der Waals surface area contributed by atoms with Crippen LogP contribution < -0.4 is 0 Å². The average Bonchev–Trinajstić information content (AvgIpc) is 2.98. The number of hydrogen-bond donors (Lipinski definition) is 0. The van der Waals surface area contributed by atoms with Gasteiger partial charge in [-0.2, -0.15) is 4.98 Å². The summed E-state index contributed by atoms with van der Waals surface area (Å²) in [4.78, 5) is 16.8. The average molecular weight is 445 g/mol. The summed E-state index contributed by atoms with van der Waals surface area (Å²) in [5.41, 5.74) is 2.97. The molecule has 1 saturated carbocycles. The number of aromatic nitrogens is 4. The van der Waals surface area contributed by atoms with E-state index in [1.165, 1.54) is 25.7 Å². The molecule has 0 radical (unpaired) electrons. The maximum absolute atomic E-state index is 7.33. The van der Waals surface area contributed by atoms with Crippen LogP contribution in [0.5, 0.6) is 0 Å². The maximum Gasteiger partial charge on any atom is 0.374 e. The summed E-state index contributed by atoms with van der Waals surface area (Å²) in [6.07, 6.45) is 4.99. The van der Waals surface area contributed by atoms with Gasteiger partial charge < -0.3 is 9.41 Å². The largest absolute Gasteiger partial charge is 0.394 e. The summed E-state index contributed by atoms with van der Waals surface area (Å²) < 4.78 is 2.88. The molecule has 4 rings (SSSR count). The van der Waals surface area contributed by atoms with E-state index in [1.54, 1.807) is 0 Å². The van der Waals surface area contributed by atoms with Gasteiger partial charge in [-0.25, -0.2) is 0 Å². The Bertz CT molecular complexity index is 1030. The Kier molecular flexibility index (Phi) is 5.16. The van der Waals surface area contributed by atoms with Gasteiger partial charge in [-0.1, -0.05) is 43.5 Å². The molecule has 1 fully saturated rings. The van der Waals surface area contributed by atoms with Gasteiger partial charge in [0.2, 0.25) is 5.65 Å². The molecular weight excluding hydrogens is 426 g/mol. The van der Waals surface area contributed by atoms with Crippen molar-refractivity contribution >= 4 is 44.6 Å². The molecule has 0 atom stereocenters. The number of nitrogens with zero attached hydrogens (tertiary/aromatic N) is 5. The Morgan fingerprint density at radius 3 is 2.70 bits per heavy atom. The quantitative estimate of drug-likeness (QED) is 0.352. The summed E-state index contributed by atoms with van der Waals surface area (Å²) in [5, 5.41) is 0.634. The number of fused-ring (bicyclic) bond motifs is 1. The molecule has 3 aromatic rings. The minimum atomic E-state index is 0.0983. The van der Waals surface area contributed by atoms with Crippen molar-refractivity contribution in [2.75, 3.05) is 0 Å². The third-order valence-corrected chi connectivity index (χ3v) is 6.16. The minimum absolute atomic E-state index is 0.0983. The zero-order valence-corrected chi connectivity index (χ0v) is 17.3. The number of benzene rings is 1. The van der Waals surface area contributed by atoms with Gasteiger partial charge in [-0.15, -0.1) is 16.5 Å². The molecule has 0 saturated heterocycles. The summed E-state index contributed by atoms with van der Waals surface area (Å²) in [7, 11) is 0. The van der Waals surface area contributed by atoms with E-state index < -0.39 is 0 Å². The van der Waals surface area contributed by atoms with Crippen LogP contribution in [0.15, 0.2) is 29.0 Å². The zero-order valence-electron chi connectivity index (χ0n) is 15.0. The summed E-state index contributed by atoms with van der Waals surface area (Å²) in [6, 6.07) is 7.54. The van der Waals surface area contributed by atoms with Crippen molar-refractivity contribution in [1.29, 1.82) is 0 Å². The first-order valence-corrected chi connectivity index (χ1v) is 10.3. The Labute approximate surface area is 171 Å². The first-order valence-electron chi connectivity index (χ1n) is 9.12. The molecular formula is C20H19BrClN5.